The van der Waals surface area contributed by atoms with Crippen molar-refractivity contribution < 1.29 is 13.9 Å². The summed E-state index contributed by atoms with van der Waals surface area (Å²) in [6.45, 7) is 0.332. The molecule has 0 aliphatic carbocycles. The first kappa shape index (κ1) is 10.4. The highest BCUT2D eigenvalue weighted by atomic mass is 19.3. The molecule has 2 nitrogen and oxygen atoms in total. The smallest absolute Gasteiger partial charge is 0.251 e. The van der Waals surface area contributed by atoms with Gasteiger partial charge >= 0.3 is 0 Å². The molecule has 2 rings (SSSR count). The van der Waals surface area contributed by atoms with E-state index in [4.69, 9.17) is 5.11 Å². The predicted molar refractivity (Wildman–Crippen MR) is 53.0 cm³/mol. The third kappa shape index (κ3) is 2.45. The average molecular weight is 213 g/mol. The summed E-state index contributed by atoms with van der Waals surface area (Å²) in [5.41, 5.74) is 0.798. The van der Waals surface area contributed by atoms with Crippen LogP contribution in [0.25, 0.3) is 0 Å². The molecule has 1 atom stereocenters. The summed E-state index contributed by atoms with van der Waals surface area (Å²) < 4.78 is 26.3. The molecule has 15 heavy (non-hydrogen) atoms. The summed E-state index contributed by atoms with van der Waals surface area (Å²) in [5, 5.41) is 12.1. The summed E-state index contributed by atoms with van der Waals surface area (Å²) in [4.78, 5) is 0. The number of aromatic hydroxyl groups is 1. The molecule has 1 heterocycles. The lowest BCUT2D eigenvalue weighted by molar-refractivity contribution is -0.0415. The summed E-state index contributed by atoms with van der Waals surface area (Å²) >= 11 is 0. The number of alkyl halides is 2. The van der Waals surface area contributed by atoms with Gasteiger partial charge in [0.05, 0.1) is 0 Å². The molecule has 0 saturated carbocycles. The van der Waals surface area contributed by atoms with Crippen LogP contribution in [0.1, 0.15) is 24.4 Å². The largest absolute Gasteiger partial charge is 0.508 e. The molecule has 1 aromatic rings. The highest BCUT2D eigenvalue weighted by Gasteiger charge is 2.36. The molecule has 1 aliphatic heterocycles. The van der Waals surface area contributed by atoms with E-state index in [1.54, 1.807) is 12.1 Å². The molecule has 0 bridgehead atoms. The zero-order chi connectivity index (χ0) is 10.9. The first-order valence-corrected chi connectivity index (χ1v) is 4.97. The van der Waals surface area contributed by atoms with Gasteiger partial charge in [0.25, 0.3) is 5.92 Å². The second-order valence-electron chi connectivity index (χ2n) is 3.91. The third-order valence-corrected chi connectivity index (χ3v) is 2.68. The van der Waals surface area contributed by atoms with Crippen LogP contribution in [0, 0.1) is 0 Å². The van der Waals surface area contributed by atoms with Crippen molar-refractivity contribution in [1.82, 2.24) is 5.32 Å². The van der Waals surface area contributed by atoms with E-state index < -0.39 is 5.92 Å². The van der Waals surface area contributed by atoms with Crippen LogP contribution in [0.4, 0.5) is 8.78 Å². The van der Waals surface area contributed by atoms with Crippen molar-refractivity contribution in [2.24, 2.45) is 0 Å². The molecule has 1 aliphatic rings. The minimum Gasteiger partial charge on any atom is -0.508 e. The number of rotatable bonds is 1. The summed E-state index contributed by atoms with van der Waals surface area (Å²) in [6.07, 6.45) is -0.265. The Kier molecular flexibility index (Phi) is 2.61. The number of phenolic OH excluding ortho intramolecular Hbond substituents is 1. The molecular weight excluding hydrogens is 200 g/mol. The van der Waals surface area contributed by atoms with Crippen LogP contribution in [0.3, 0.4) is 0 Å². The number of hydrogen-bond acceptors (Lipinski definition) is 2. The molecule has 0 radical (unpaired) electrons. The van der Waals surface area contributed by atoms with Crippen molar-refractivity contribution in [3.63, 3.8) is 0 Å². The third-order valence-electron chi connectivity index (χ3n) is 2.68. The molecule has 4 heteroatoms. The van der Waals surface area contributed by atoms with Gasteiger partial charge in [0.1, 0.15) is 5.75 Å². The Bertz CT molecular complexity index is 337. The minimum atomic E-state index is -2.58. The molecule has 1 saturated heterocycles. The van der Waals surface area contributed by atoms with Crippen molar-refractivity contribution in [1.29, 1.82) is 0 Å². The van der Waals surface area contributed by atoms with Gasteiger partial charge in [-0.2, -0.15) is 0 Å². The molecule has 1 unspecified atom stereocenters. The fourth-order valence-corrected chi connectivity index (χ4v) is 1.84. The zero-order valence-corrected chi connectivity index (χ0v) is 8.21. The van der Waals surface area contributed by atoms with Crippen LogP contribution >= 0.6 is 0 Å². The van der Waals surface area contributed by atoms with Crippen LogP contribution in [0.15, 0.2) is 24.3 Å². The Hall–Kier alpha value is -1.16. The average Bonchev–Trinajstić information content (AvgIpc) is 2.17. The molecule has 0 aromatic heterocycles. The Labute approximate surface area is 86.9 Å². The van der Waals surface area contributed by atoms with E-state index in [2.05, 4.69) is 5.32 Å². The number of piperidine rings is 1. The summed E-state index contributed by atoms with van der Waals surface area (Å²) in [6, 6.07) is 6.07. The zero-order valence-electron chi connectivity index (χ0n) is 8.21. The van der Waals surface area contributed by atoms with Crippen molar-refractivity contribution in [3.05, 3.63) is 29.8 Å². The highest BCUT2D eigenvalue weighted by molar-refractivity contribution is 5.28. The van der Waals surface area contributed by atoms with Gasteiger partial charge in [-0.3, -0.25) is 0 Å². The standard InChI is InChI=1S/C11H13F2NO/c12-11(13)5-6-14-10(7-11)8-1-3-9(15)4-2-8/h1-4,10,14-15H,5-7H2. The van der Waals surface area contributed by atoms with E-state index in [0.717, 1.165) is 5.56 Å². The Balaban J connectivity index is 2.13. The van der Waals surface area contributed by atoms with E-state index in [1.807, 2.05) is 0 Å². The van der Waals surface area contributed by atoms with E-state index in [0.29, 0.717) is 6.54 Å². The van der Waals surface area contributed by atoms with Crippen molar-refractivity contribution in [2.45, 2.75) is 24.8 Å². The van der Waals surface area contributed by atoms with Crippen LogP contribution in [-0.2, 0) is 0 Å². The monoisotopic (exact) mass is 213 g/mol. The Morgan fingerprint density at radius 1 is 1.27 bits per heavy atom. The minimum absolute atomic E-state index is 0.0957. The number of benzene rings is 1. The maximum atomic E-state index is 13.1. The first-order valence-electron chi connectivity index (χ1n) is 4.97. The molecule has 0 amide bonds. The topological polar surface area (TPSA) is 32.3 Å². The molecule has 2 N–H and O–H groups in total. The van der Waals surface area contributed by atoms with Crippen molar-refractivity contribution >= 4 is 0 Å². The van der Waals surface area contributed by atoms with Crippen LogP contribution in [0.5, 0.6) is 5.75 Å². The van der Waals surface area contributed by atoms with Gasteiger partial charge in [-0.15, -0.1) is 0 Å². The maximum Gasteiger partial charge on any atom is 0.251 e. The second-order valence-corrected chi connectivity index (χ2v) is 3.91. The quantitative estimate of drug-likeness (QED) is 0.751. The van der Waals surface area contributed by atoms with Crippen molar-refractivity contribution in [3.8, 4) is 5.75 Å². The Morgan fingerprint density at radius 2 is 1.93 bits per heavy atom. The summed E-state index contributed by atoms with van der Waals surface area (Å²) in [7, 11) is 0. The fourth-order valence-electron chi connectivity index (χ4n) is 1.84. The number of hydrogen-bond donors (Lipinski definition) is 2. The van der Waals surface area contributed by atoms with Gasteiger partial charge in [-0.1, -0.05) is 12.1 Å². The van der Waals surface area contributed by atoms with Gasteiger partial charge in [0, 0.05) is 25.4 Å². The normalized spacial score (nSPS) is 25.1. The highest BCUT2D eigenvalue weighted by Crippen LogP contribution is 2.34. The number of halogens is 2. The SMILES string of the molecule is Oc1ccc(C2CC(F)(F)CCN2)cc1. The predicted octanol–water partition coefficient (Wildman–Crippen LogP) is 2.45. The fraction of sp³-hybridized carbons (Fsp3) is 0.455. The van der Waals surface area contributed by atoms with Crippen molar-refractivity contribution in [2.75, 3.05) is 6.54 Å². The Morgan fingerprint density at radius 3 is 2.53 bits per heavy atom. The van der Waals surface area contributed by atoms with Gasteiger partial charge in [0.2, 0.25) is 0 Å². The van der Waals surface area contributed by atoms with Gasteiger partial charge < -0.3 is 10.4 Å². The van der Waals surface area contributed by atoms with Crippen LogP contribution in [0.2, 0.25) is 0 Å². The molecule has 1 aromatic carbocycles. The molecular formula is C11H13F2NO. The number of phenols is 1. The van der Waals surface area contributed by atoms with E-state index in [1.165, 1.54) is 12.1 Å². The lowest BCUT2D eigenvalue weighted by Gasteiger charge is -2.30. The molecule has 82 valence electrons. The molecule has 1 fully saturated rings. The van der Waals surface area contributed by atoms with E-state index >= 15 is 0 Å². The van der Waals surface area contributed by atoms with E-state index in [9.17, 15) is 8.78 Å². The maximum absolute atomic E-state index is 13.1. The van der Waals surface area contributed by atoms with E-state index in [-0.39, 0.29) is 24.6 Å². The lowest BCUT2D eigenvalue weighted by Crippen LogP contribution is -2.38. The number of nitrogens with one attached hydrogen (secondary N) is 1. The van der Waals surface area contributed by atoms with Gasteiger partial charge in [-0.05, 0) is 17.7 Å². The first-order chi connectivity index (χ1) is 7.07. The van der Waals surface area contributed by atoms with Gasteiger partial charge in [-0.25, -0.2) is 8.78 Å². The van der Waals surface area contributed by atoms with Crippen LogP contribution in [-0.4, -0.2) is 17.6 Å². The molecule has 0 spiro atoms. The van der Waals surface area contributed by atoms with Crippen LogP contribution < -0.4 is 5.32 Å². The lowest BCUT2D eigenvalue weighted by atomic mass is 9.95. The van der Waals surface area contributed by atoms with Gasteiger partial charge in [0.15, 0.2) is 0 Å². The second kappa shape index (κ2) is 3.77. The summed E-state index contributed by atoms with van der Waals surface area (Å²) in [5.74, 6) is -2.42.